The van der Waals surface area contributed by atoms with E-state index in [-0.39, 0.29) is 35.5 Å². The molecule has 0 bridgehead atoms. The first-order valence-corrected chi connectivity index (χ1v) is 10.8. The topological polar surface area (TPSA) is 98.0 Å². The van der Waals surface area contributed by atoms with Gasteiger partial charge in [-0.15, -0.1) is 0 Å². The van der Waals surface area contributed by atoms with E-state index in [1.165, 1.54) is 6.08 Å². The highest BCUT2D eigenvalue weighted by atomic mass is 16.6. The predicted molar refractivity (Wildman–Crippen MR) is 112 cm³/mol. The Labute approximate surface area is 179 Å². The highest BCUT2D eigenvalue weighted by Crippen LogP contribution is 2.60. The van der Waals surface area contributed by atoms with Gasteiger partial charge >= 0.3 is 5.97 Å². The minimum atomic E-state index is -1.13. The van der Waals surface area contributed by atoms with Gasteiger partial charge in [-0.3, -0.25) is 9.59 Å². The maximum absolute atomic E-state index is 12.9. The van der Waals surface area contributed by atoms with Crippen LogP contribution < -0.4 is 0 Å². The molecule has 6 rings (SSSR count). The van der Waals surface area contributed by atoms with Crippen LogP contribution in [0.1, 0.15) is 85.4 Å². The normalized spacial score (nSPS) is 34.0. The van der Waals surface area contributed by atoms with Gasteiger partial charge in [0.15, 0.2) is 11.4 Å². The molecule has 0 radical (unpaired) electrons. The maximum Gasteiger partial charge on any atom is 0.309 e. The summed E-state index contributed by atoms with van der Waals surface area (Å²) < 4.78 is 14.3. The molecule has 1 aromatic carbocycles. The zero-order valence-electron chi connectivity index (χ0n) is 18.0. The Balaban J connectivity index is 1.85. The SMILES string of the molecule is C[C@H]1O[C@]2(C)CC(=O)O[C@]2(C)c2c1c(O)c1c3c(c4n(c23)[C@@H]([C@@H](C)O)CC4)C=CC1=O. The van der Waals surface area contributed by atoms with E-state index in [4.69, 9.17) is 9.47 Å². The largest absolute Gasteiger partial charge is 0.507 e. The molecule has 0 unspecified atom stereocenters. The van der Waals surface area contributed by atoms with Crippen LogP contribution in [-0.2, 0) is 26.3 Å². The summed E-state index contributed by atoms with van der Waals surface area (Å²) in [6.45, 7) is 7.30. The van der Waals surface area contributed by atoms with Crippen molar-refractivity contribution in [2.24, 2.45) is 0 Å². The lowest BCUT2D eigenvalue weighted by Crippen LogP contribution is -2.50. The first-order valence-electron chi connectivity index (χ1n) is 10.8. The zero-order chi connectivity index (χ0) is 22.0. The third-order valence-electron chi connectivity index (χ3n) is 7.94. The van der Waals surface area contributed by atoms with Gasteiger partial charge in [-0.25, -0.2) is 0 Å². The van der Waals surface area contributed by atoms with Crippen molar-refractivity contribution in [3.8, 4) is 5.75 Å². The summed E-state index contributed by atoms with van der Waals surface area (Å²) in [6, 6.07) is -0.167. The molecule has 3 aliphatic heterocycles. The summed E-state index contributed by atoms with van der Waals surface area (Å²) in [4.78, 5) is 25.4. The molecule has 4 aliphatic rings. The smallest absolute Gasteiger partial charge is 0.309 e. The fourth-order valence-corrected chi connectivity index (χ4v) is 6.42. The number of carbonyl (C=O) groups is 2. The van der Waals surface area contributed by atoms with E-state index in [1.54, 1.807) is 6.92 Å². The molecule has 162 valence electrons. The summed E-state index contributed by atoms with van der Waals surface area (Å²) in [6.07, 6.45) is 3.81. The molecular weight excluding hydrogens is 398 g/mol. The number of benzene rings is 1. The standard InChI is InChI=1S/C24H25NO6/c1-10(26)13-6-7-14-12-5-8-15(27)19-18(12)21(25(13)14)20-17(22(19)29)11(2)30-23(3)9-16(28)31-24(20,23)4/h5,8,10-11,13,26,29H,6-7,9H2,1-4H3/t10-,11-,13-,23-,24-/m1/s1. The van der Waals surface area contributed by atoms with E-state index in [0.29, 0.717) is 16.5 Å². The van der Waals surface area contributed by atoms with E-state index < -0.39 is 23.4 Å². The molecule has 0 spiro atoms. The van der Waals surface area contributed by atoms with Gasteiger partial charge < -0.3 is 24.3 Å². The van der Waals surface area contributed by atoms with Crippen molar-refractivity contribution in [2.75, 3.05) is 0 Å². The number of hydrogen-bond acceptors (Lipinski definition) is 6. The molecule has 5 atom stereocenters. The number of aliphatic hydroxyl groups excluding tert-OH is 1. The van der Waals surface area contributed by atoms with Gasteiger partial charge in [0.1, 0.15) is 11.4 Å². The molecule has 7 heteroatoms. The summed E-state index contributed by atoms with van der Waals surface area (Å²) >= 11 is 0. The molecule has 0 saturated carbocycles. The Morgan fingerprint density at radius 2 is 2.00 bits per heavy atom. The molecular formula is C24H25NO6. The van der Waals surface area contributed by atoms with Crippen LogP contribution in [0.2, 0.25) is 0 Å². The molecule has 1 saturated heterocycles. The van der Waals surface area contributed by atoms with E-state index in [2.05, 4.69) is 4.57 Å². The minimum absolute atomic E-state index is 0.102. The second-order valence-electron chi connectivity index (χ2n) is 9.69. The number of aromatic nitrogens is 1. The molecule has 4 heterocycles. The highest BCUT2D eigenvalue weighted by Gasteiger charge is 2.63. The van der Waals surface area contributed by atoms with Gasteiger partial charge in [0.05, 0.1) is 35.8 Å². The second-order valence-corrected chi connectivity index (χ2v) is 9.69. The average molecular weight is 423 g/mol. The lowest BCUT2D eigenvalue weighted by Gasteiger charge is -2.46. The number of rotatable bonds is 1. The van der Waals surface area contributed by atoms with Crippen LogP contribution in [0, 0.1) is 0 Å². The van der Waals surface area contributed by atoms with Crippen molar-refractivity contribution in [1.29, 1.82) is 0 Å². The van der Waals surface area contributed by atoms with Gasteiger partial charge in [-0.1, -0.05) is 0 Å². The van der Waals surface area contributed by atoms with E-state index in [1.807, 2.05) is 26.8 Å². The van der Waals surface area contributed by atoms with Crippen molar-refractivity contribution in [3.05, 3.63) is 34.0 Å². The lowest BCUT2D eigenvalue weighted by molar-refractivity contribution is -0.185. The van der Waals surface area contributed by atoms with Crippen molar-refractivity contribution in [1.82, 2.24) is 4.57 Å². The number of allylic oxidation sites excluding steroid dienone is 1. The van der Waals surface area contributed by atoms with Crippen LogP contribution in [0.25, 0.3) is 17.0 Å². The van der Waals surface area contributed by atoms with Crippen LogP contribution in [0.4, 0.5) is 0 Å². The van der Waals surface area contributed by atoms with E-state index in [9.17, 15) is 19.8 Å². The first kappa shape index (κ1) is 19.1. The number of aromatic hydroxyl groups is 1. The van der Waals surface area contributed by atoms with Crippen molar-refractivity contribution in [2.45, 2.75) is 76.4 Å². The molecule has 1 fully saturated rings. The summed E-state index contributed by atoms with van der Waals surface area (Å²) in [5.74, 6) is -0.718. The number of esters is 1. The summed E-state index contributed by atoms with van der Waals surface area (Å²) in [5, 5.41) is 22.6. The van der Waals surface area contributed by atoms with Gasteiger partial charge in [0, 0.05) is 27.8 Å². The fraction of sp³-hybridized carbons (Fsp3) is 0.500. The molecule has 0 amide bonds. The fourth-order valence-electron chi connectivity index (χ4n) is 6.42. The number of nitrogens with zero attached hydrogens (tertiary/aromatic N) is 1. The number of aliphatic hydroxyl groups is 1. The van der Waals surface area contributed by atoms with Crippen LogP contribution >= 0.6 is 0 Å². The number of ketones is 1. The van der Waals surface area contributed by atoms with Crippen LogP contribution in [0.5, 0.6) is 5.75 Å². The first-order chi connectivity index (χ1) is 14.6. The Morgan fingerprint density at radius 3 is 2.71 bits per heavy atom. The zero-order valence-corrected chi connectivity index (χ0v) is 18.0. The van der Waals surface area contributed by atoms with Crippen molar-refractivity contribution < 1.29 is 29.3 Å². The number of phenols is 1. The number of carbonyl (C=O) groups excluding carboxylic acids is 2. The second kappa shape index (κ2) is 5.58. The van der Waals surface area contributed by atoms with Crippen LogP contribution in [0.3, 0.4) is 0 Å². The van der Waals surface area contributed by atoms with Gasteiger partial charge in [0.25, 0.3) is 0 Å². The Kier molecular flexibility index (Phi) is 3.43. The molecule has 31 heavy (non-hydrogen) atoms. The summed E-state index contributed by atoms with van der Waals surface area (Å²) in [7, 11) is 0. The third-order valence-corrected chi connectivity index (χ3v) is 7.94. The molecule has 1 aliphatic carbocycles. The lowest BCUT2D eigenvalue weighted by atomic mass is 9.72. The molecule has 2 N–H and O–H groups in total. The van der Waals surface area contributed by atoms with Crippen molar-refractivity contribution >= 4 is 28.7 Å². The number of phenolic OH excluding ortho intramolecular Hbond substituents is 1. The monoisotopic (exact) mass is 423 g/mol. The Bertz CT molecular complexity index is 1250. The highest BCUT2D eigenvalue weighted by molar-refractivity contribution is 6.23. The summed E-state index contributed by atoms with van der Waals surface area (Å²) in [5.41, 5.74) is 2.11. The third kappa shape index (κ3) is 2.02. The minimum Gasteiger partial charge on any atom is -0.507 e. The van der Waals surface area contributed by atoms with Gasteiger partial charge in [-0.2, -0.15) is 0 Å². The van der Waals surface area contributed by atoms with Crippen LogP contribution in [-0.4, -0.2) is 38.2 Å². The maximum atomic E-state index is 12.9. The van der Waals surface area contributed by atoms with E-state index >= 15 is 0 Å². The van der Waals surface area contributed by atoms with Gasteiger partial charge in [0.2, 0.25) is 0 Å². The molecule has 7 nitrogen and oxygen atoms in total. The Morgan fingerprint density at radius 1 is 1.26 bits per heavy atom. The number of fused-ring (bicyclic) bond motifs is 7. The number of ether oxygens (including phenoxy) is 2. The Hall–Kier alpha value is -2.64. The predicted octanol–water partition coefficient (Wildman–Crippen LogP) is 3.44. The molecule has 2 aromatic rings. The molecule has 1 aromatic heterocycles. The van der Waals surface area contributed by atoms with Crippen LogP contribution in [0.15, 0.2) is 6.08 Å². The van der Waals surface area contributed by atoms with Crippen molar-refractivity contribution in [3.63, 3.8) is 0 Å². The quantitative estimate of drug-likeness (QED) is 0.682. The van der Waals surface area contributed by atoms with Gasteiger partial charge in [-0.05, 0) is 52.7 Å². The van der Waals surface area contributed by atoms with E-state index in [0.717, 1.165) is 29.6 Å². The average Bonchev–Trinajstić information content (AvgIpc) is 3.29. The number of hydrogen-bond donors (Lipinski definition) is 2.